The number of anilines is 2. The van der Waals surface area contributed by atoms with E-state index in [9.17, 15) is 14.0 Å². The van der Waals surface area contributed by atoms with Crippen LogP contribution in [0.5, 0.6) is 0 Å². The maximum absolute atomic E-state index is 14.9. The molecule has 168 valence electrons. The molecule has 2 fully saturated rings. The number of nitrogens with zero attached hydrogens (tertiary/aromatic N) is 4. The first-order chi connectivity index (χ1) is 15.4. The minimum atomic E-state index is -0.559. The first-order valence-electron chi connectivity index (χ1n) is 10.6. The monoisotopic (exact) mass is 439 g/mol. The van der Waals surface area contributed by atoms with E-state index in [1.807, 2.05) is 19.2 Å². The van der Waals surface area contributed by atoms with E-state index in [4.69, 9.17) is 4.74 Å². The van der Waals surface area contributed by atoms with Crippen LogP contribution in [0.4, 0.5) is 20.7 Å². The highest BCUT2D eigenvalue weighted by Crippen LogP contribution is 2.29. The number of carbonyl (C=O) groups excluding carboxylic acids is 2. The Bertz CT molecular complexity index is 1030. The lowest BCUT2D eigenvalue weighted by atomic mass is 10.1. The van der Waals surface area contributed by atoms with Crippen LogP contribution in [0.3, 0.4) is 0 Å². The largest absolute Gasteiger partial charge is 0.442 e. The van der Waals surface area contributed by atoms with Gasteiger partial charge in [0, 0.05) is 62.9 Å². The van der Waals surface area contributed by atoms with Crippen molar-refractivity contribution in [1.82, 2.24) is 10.3 Å². The molecule has 3 heterocycles. The van der Waals surface area contributed by atoms with E-state index in [0.717, 1.165) is 31.7 Å². The molecule has 9 heteroatoms. The highest BCUT2D eigenvalue weighted by atomic mass is 19.1. The molecule has 32 heavy (non-hydrogen) atoms. The molecule has 1 N–H and O–H groups in total. The normalized spacial score (nSPS) is 18.5. The molecule has 2 saturated heterocycles. The van der Waals surface area contributed by atoms with Crippen LogP contribution in [0.2, 0.25) is 0 Å². The number of rotatable bonds is 5. The summed E-state index contributed by atoms with van der Waals surface area (Å²) < 4.78 is 20.2. The fourth-order valence-corrected chi connectivity index (χ4v) is 3.95. The Morgan fingerprint density at radius 2 is 2.06 bits per heavy atom. The maximum Gasteiger partial charge on any atom is 0.414 e. The van der Waals surface area contributed by atoms with Crippen LogP contribution in [0, 0.1) is 5.82 Å². The first kappa shape index (κ1) is 21.7. The highest BCUT2D eigenvalue weighted by molar-refractivity contribution is 5.90. The summed E-state index contributed by atoms with van der Waals surface area (Å²) in [4.78, 5) is 35.6. The second-order valence-corrected chi connectivity index (χ2v) is 7.90. The van der Waals surface area contributed by atoms with Crippen LogP contribution in [0.15, 0.2) is 41.5 Å². The number of aliphatic imine (C=N–C) groups is 1. The van der Waals surface area contributed by atoms with E-state index < -0.39 is 18.0 Å². The van der Waals surface area contributed by atoms with E-state index in [-0.39, 0.29) is 19.0 Å². The van der Waals surface area contributed by atoms with Gasteiger partial charge in [0.15, 0.2) is 0 Å². The van der Waals surface area contributed by atoms with Crippen LogP contribution in [-0.4, -0.2) is 62.0 Å². The van der Waals surface area contributed by atoms with Gasteiger partial charge in [-0.1, -0.05) is 0 Å². The van der Waals surface area contributed by atoms with Crippen molar-refractivity contribution in [3.63, 3.8) is 0 Å². The van der Waals surface area contributed by atoms with Crippen LogP contribution in [0.25, 0.3) is 11.1 Å². The average molecular weight is 439 g/mol. The summed E-state index contributed by atoms with van der Waals surface area (Å²) in [5.41, 5.74) is 2.71. The van der Waals surface area contributed by atoms with Crippen LogP contribution >= 0.6 is 0 Å². The molecule has 0 spiro atoms. The van der Waals surface area contributed by atoms with E-state index in [0.29, 0.717) is 16.8 Å². The molecule has 0 bridgehead atoms. The predicted molar refractivity (Wildman–Crippen MR) is 121 cm³/mol. The van der Waals surface area contributed by atoms with Gasteiger partial charge in [-0.05, 0) is 30.3 Å². The molecule has 2 aliphatic rings. The van der Waals surface area contributed by atoms with E-state index in [1.54, 1.807) is 18.3 Å². The van der Waals surface area contributed by atoms with Crippen molar-refractivity contribution in [3.8, 4) is 11.1 Å². The van der Waals surface area contributed by atoms with E-state index >= 15 is 0 Å². The fraction of sp³-hybridized carbons (Fsp3) is 0.391. The van der Waals surface area contributed by atoms with Crippen molar-refractivity contribution in [2.24, 2.45) is 4.99 Å². The molecule has 4 rings (SSSR count). The number of benzene rings is 1. The minimum absolute atomic E-state index is 0.200. The van der Waals surface area contributed by atoms with Crippen molar-refractivity contribution in [1.29, 1.82) is 0 Å². The Balaban J connectivity index is 1.44. The summed E-state index contributed by atoms with van der Waals surface area (Å²) >= 11 is 0. The summed E-state index contributed by atoms with van der Waals surface area (Å²) in [5, 5.41) is 2.62. The molecule has 1 aromatic carbocycles. The molecule has 2 aliphatic heterocycles. The molecular formula is C23H26FN5O3. The smallest absolute Gasteiger partial charge is 0.414 e. The van der Waals surface area contributed by atoms with Gasteiger partial charge in [0.25, 0.3) is 0 Å². The SMILES string of the molecule is CN=C1CCN(c2ccc(-c3ccc(N4C[C@H](CNC(C)=O)OC4=O)cc3F)cn2)CC1. The van der Waals surface area contributed by atoms with Crippen molar-refractivity contribution < 1.29 is 18.7 Å². The number of piperidine rings is 1. The number of halogens is 1. The van der Waals surface area contributed by atoms with E-state index in [2.05, 4.69) is 20.2 Å². The molecule has 0 unspecified atom stereocenters. The van der Waals surface area contributed by atoms with Crippen molar-refractivity contribution in [2.75, 3.05) is 43.0 Å². The summed E-state index contributed by atoms with van der Waals surface area (Å²) in [6.45, 7) is 3.61. The van der Waals surface area contributed by atoms with Gasteiger partial charge in [0.05, 0.1) is 18.8 Å². The lowest BCUT2D eigenvalue weighted by Crippen LogP contribution is -2.34. The molecule has 2 amide bonds. The zero-order valence-corrected chi connectivity index (χ0v) is 18.2. The van der Waals surface area contributed by atoms with Crippen LogP contribution < -0.4 is 15.1 Å². The third-order valence-electron chi connectivity index (χ3n) is 5.76. The standard InChI is InChI=1S/C23H26FN5O3/c1-15(30)26-13-19-14-29(23(31)32-19)18-4-5-20(21(24)11-18)16-3-6-22(27-12-16)28-9-7-17(25-2)8-10-28/h3-6,11-12,19H,7-10,13-14H2,1-2H3,(H,26,30)/t19-/m0/s1. The molecular weight excluding hydrogens is 413 g/mol. The fourth-order valence-electron chi connectivity index (χ4n) is 3.95. The molecule has 1 atom stereocenters. The van der Waals surface area contributed by atoms with Crippen LogP contribution in [-0.2, 0) is 9.53 Å². The van der Waals surface area contributed by atoms with Crippen molar-refractivity contribution in [3.05, 3.63) is 42.3 Å². The quantitative estimate of drug-likeness (QED) is 0.774. The van der Waals surface area contributed by atoms with Gasteiger partial charge in [0.1, 0.15) is 17.7 Å². The lowest BCUT2D eigenvalue weighted by molar-refractivity contribution is -0.119. The third kappa shape index (κ3) is 4.71. The Morgan fingerprint density at radius 3 is 2.69 bits per heavy atom. The Hall–Kier alpha value is -3.49. The number of cyclic esters (lactones) is 1. The number of amides is 2. The Labute approximate surface area is 186 Å². The first-order valence-corrected chi connectivity index (χ1v) is 10.6. The van der Waals surface area contributed by atoms with Gasteiger partial charge >= 0.3 is 6.09 Å². The van der Waals surface area contributed by atoms with Gasteiger partial charge in [-0.2, -0.15) is 0 Å². The molecule has 1 aromatic heterocycles. The molecule has 0 radical (unpaired) electrons. The highest BCUT2D eigenvalue weighted by Gasteiger charge is 2.32. The van der Waals surface area contributed by atoms with E-state index in [1.165, 1.54) is 23.6 Å². The van der Waals surface area contributed by atoms with Gasteiger partial charge in [-0.15, -0.1) is 0 Å². The topological polar surface area (TPSA) is 87.1 Å². The summed E-state index contributed by atoms with van der Waals surface area (Å²) in [6.07, 6.45) is 2.50. The maximum atomic E-state index is 14.9. The number of nitrogens with one attached hydrogen (secondary N) is 1. The second-order valence-electron chi connectivity index (χ2n) is 7.90. The summed E-state index contributed by atoms with van der Waals surface area (Å²) in [6, 6.07) is 8.41. The molecule has 0 saturated carbocycles. The average Bonchev–Trinajstić information content (AvgIpc) is 3.18. The number of carbonyl (C=O) groups is 2. The third-order valence-corrected chi connectivity index (χ3v) is 5.76. The zero-order valence-electron chi connectivity index (χ0n) is 18.2. The summed E-state index contributed by atoms with van der Waals surface area (Å²) in [5.74, 6) is 0.220. The molecule has 0 aliphatic carbocycles. The van der Waals surface area contributed by atoms with Gasteiger partial charge < -0.3 is 15.0 Å². The number of aromatic nitrogens is 1. The number of hydrogen-bond acceptors (Lipinski definition) is 6. The number of hydrogen-bond donors (Lipinski definition) is 1. The Morgan fingerprint density at radius 1 is 1.28 bits per heavy atom. The van der Waals surface area contributed by atoms with Crippen molar-refractivity contribution >= 4 is 29.2 Å². The van der Waals surface area contributed by atoms with Crippen LogP contribution in [0.1, 0.15) is 19.8 Å². The summed E-state index contributed by atoms with van der Waals surface area (Å²) in [7, 11) is 1.83. The predicted octanol–water partition coefficient (Wildman–Crippen LogP) is 3.02. The number of pyridine rings is 1. The van der Waals surface area contributed by atoms with Gasteiger partial charge in [-0.25, -0.2) is 14.2 Å². The minimum Gasteiger partial charge on any atom is -0.442 e. The molecule has 2 aromatic rings. The van der Waals surface area contributed by atoms with Crippen molar-refractivity contribution in [2.45, 2.75) is 25.9 Å². The van der Waals surface area contributed by atoms with Gasteiger partial charge in [0.2, 0.25) is 5.91 Å². The molecule has 8 nitrogen and oxygen atoms in total. The number of ether oxygens (including phenoxy) is 1. The zero-order chi connectivity index (χ0) is 22.7. The lowest BCUT2D eigenvalue weighted by Gasteiger charge is -2.28. The van der Waals surface area contributed by atoms with Gasteiger partial charge in [-0.3, -0.25) is 14.7 Å². The second kappa shape index (κ2) is 9.33. The Kier molecular flexibility index (Phi) is 6.34.